The van der Waals surface area contributed by atoms with Crippen molar-refractivity contribution in [2.24, 2.45) is 17.8 Å². The first-order valence-electron chi connectivity index (χ1n) is 8.32. The van der Waals surface area contributed by atoms with E-state index in [1.165, 1.54) is 0 Å². The Morgan fingerprint density at radius 2 is 1.91 bits per heavy atom. The molecule has 0 aromatic carbocycles. The maximum absolute atomic E-state index is 12.5. The Bertz CT molecular complexity index is 516. The van der Waals surface area contributed by atoms with Crippen molar-refractivity contribution >= 4 is 15.9 Å². The molecule has 3 unspecified atom stereocenters. The van der Waals surface area contributed by atoms with Gasteiger partial charge in [-0.25, -0.2) is 8.42 Å². The van der Waals surface area contributed by atoms with E-state index < -0.39 is 10.0 Å². The summed E-state index contributed by atoms with van der Waals surface area (Å²) in [7, 11) is -3.23. The highest BCUT2D eigenvalue weighted by Crippen LogP contribution is 2.39. The van der Waals surface area contributed by atoms with E-state index in [-0.39, 0.29) is 23.5 Å². The average Bonchev–Trinajstić information content (AvgIpc) is 3.24. The normalized spacial score (nSPS) is 33.7. The van der Waals surface area contributed by atoms with Gasteiger partial charge in [0.2, 0.25) is 15.9 Å². The van der Waals surface area contributed by atoms with Gasteiger partial charge >= 0.3 is 0 Å². The fourth-order valence-corrected chi connectivity index (χ4v) is 5.31. The Morgan fingerprint density at radius 3 is 2.55 bits per heavy atom. The Kier molecular flexibility index (Phi) is 4.75. The molecule has 1 amide bonds. The highest BCUT2D eigenvalue weighted by Gasteiger charge is 2.42. The number of piperidine rings is 1. The van der Waals surface area contributed by atoms with E-state index in [0.717, 1.165) is 25.8 Å². The number of hydrogen-bond donors (Lipinski definition) is 0. The van der Waals surface area contributed by atoms with Gasteiger partial charge in [-0.2, -0.15) is 4.31 Å². The minimum Gasteiger partial charge on any atom is -0.379 e. The van der Waals surface area contributed by atoms with Crippen LogP contribution in [-0.2, 0) is 19.6 Å². The van der Waals surface area contributed by atoms with Crippen molar-refractivity contribution in [3.8, 4) is 0 Å². The maximum atomic E-state index is 12.5. The van der Waals surface area contributed by atoms with Crippen molar-refractivity contribution in [2.45, 2.75) is 26.2 Å². The summed E-state index contributed by atoms with van der Waals surface area (Å²) in [4.78, 5) is 14.2. The topological polar surface area (TPSA) is 66.9 Å². The van der Waals surface area contributed by atoms with Crippen molar-refractivity contribution in [1.82, 2.24) is 9.21 Å². The molecule has 6 nitrogen and oxygen atoms in total. The number of nitrogens with zero attached hydrogens (tertiary/aromatic N) is 2. The van der Waals surface area contributed by atoms with Crippen molar-refractivity contribution < 1.29 is 17.9 Å². The molecule has 126 valence electrons. The van der Waals surface area contributed by atoms with Gasteiger partial charge < -0.3 is 9.64 Å². The van der Waals surface area contributed by atoms with Crippen molar-refractivity contribution in [1.29, 1.82) is 0 Å². The summed E-state index contributed by atoms with van der Waals surface area (Å²) in [6, 6.07) is 0. The van der Waals surface area contributed by atoms with Crippen LogP contribution >= 0.6 is 0 Å². The molecule has 2 heterocycles. The van der Waals surface area contributed by atoms with Gasteiger partial charge in [0.1, 0.15) is 0 Å². The fourth-order valence-electron chi connectivity index (χ4n) is 3.53. The number of carbonyl (C=O) groups is 1. The smallest absolute Gasteiger partial charge is 0.225 e. The SMILES string of the molecule is CC1CC1C(=O)N1CCCC(CS(=O)(=O)N2CCOCC2)C1. The van der Waals surface area contributed by atoms with E-state index in [2.05, 4.69) is 6.92 Å². The number of hydrogen-bond acceptors (Lipinski definition) is 4. The molecule has 0 radical (unpaired) electrons. The third-order valence-corrected chi connectivity index (χ3v) is 7.11. The second-order valence-corrected chi connectivity index (χ2v) is 8.92. The lowest BCUT2D eigenvalue weighted by atomic mass is 9.99. The summed E-state index contributed by atoms with van der Waals surface area (Å²) >= 11 is 0. The van der Waals surface area contributed by atoms with Crippen molar-refractivity contribution in [3.63, 3.8) is 0 Å². The van der Waals surface area contributed by atoms with Crippen molar-refractivity contribution in [3.05, 3.63) is 0 Å². The van der Waals surface area contributed by atoms with Gasteiger partial charge in [-0.15, -0.1) is 0 Å². The van der Waals surface area contributed by atoms with Crippen LogP contribution in [-0.4, -0.2) is 68.7 Å². The number of morpholine rings is 1. The highest BCUT2D eigenvalue weighted by atomic mass is 32.2. The van der Waals surface area contributed by atoms with Gasteiger partial charge in [-0.3, -0.25) is 4.79 Å². The van der Waals surface area contributed by atoms with Crippen LogP contribution in [0.4, 0.5) is 0 Å². The number of ether oxygens (including phenoxy) is 1. The molecule has 0 spiro atoms. The second kappa shape index (κ2) is 6.45. The van der Waals surface area contributed by atoms with Gasteiger partial charge in [0.25, 0.3) is 0 Å². The molecule has 0 aromatic rings. The van der Waals surface area contributed by atoms with Crippen LogP contribution in [0.5, 0.6) is 0 Å². The minimum absolute atomic E-state index is 0.0691. The zero-order chi connectivity index (χ0) is 15.7. The standard InChI is InChI=1S/C15H26N2O4S/c1-12-9-14(12)15(18)16-4-2-3-13(10-16)11-22(19,20)17-5-7-21-8-6-17/h12-14H,2-11H2,1H3. The Hall–Kier alpha value is -0.660. The van der Waals surface area contributed by atoms with Crippen LogP contribution < -0.4 is 0 Å². The molecule has 1 aliphatic carbocycles. The predicted octanol–water partition coefficient (Wildman–Crippen LogP) is 0.543. The molecule has 2 saturated heterocycles. The molecule has 3 fully saturated rings. The molecule has 1 saturated carbocycles. The Balaban J connectivity index is 1.56. The monoisotopic (exact) mass is 330 g/mol. The zero-order valence-electron chi connectivity index (χ0n) is 13.2. The highest BCUT2D eigenvalue weighted by molar-refractivity contribution is 7.89. The van der Waals surface area contributed by atoms with Gasteiger partial charge in [-0.1, -0.05) is 6.92 Å². The Labute approximate surface area is 132 Å². The molecule has 3 aliphatic rings. The number of likely N-dealkylation sites (tertiary alicyclic amines) is 1. The van der Waals surface area contributed by atoms with Gasteiger partial charge in [0, 0.05) is 32.1 Å². The van der Waals surface area contributed by atoms with Crippen LogP contribution in [0.25, 0.3) is 0 Å². The summed E-state index contributed by atoms with van der Waals surface area (Å²) in [5.41, 5.74) is 0. The predicted molar refractivity (Wildman–Crippen MR) is 82.8 cm³/mol. The molecule has 3 atom stereocenters. The number of rotatable bonds is 4. The molecule has 0 N–H and O–H groups in total. The lowest BCUT2D eigenvalue weighted by Gasteiger charge is -2.34. The molecule has 0 bridgehead atoms. The van der Waals surface area contributed by atoms with E-state index in [9.17, 15) is 13.2 Å². The van der Waals surface area contributed by atoms with Crippen LogP contribution in [0.1, 0.15) is 26.2 Å². The second-order valence-electron chi connectivity index (χ2n) is 6.90. The lowest BCUT2D eigenvalue weighted by molar-refractivity contribution is -0.134. The fraction of sp³-hybridized carbons (Fsp3) is 0.933. The van der Waals surface area contributed by atoms with E-state index in [4.69, 9.17) is 4.74 Å². The lowest BCUT2D eigenvalue weighted by Crippen LogP contribution is -2.46. The number of sulfonamides is 1. The quantitative estimate of drug-likeness (QED) is 0.755. The van der Waals surface area contributed by atoms with Crippen LogP contribution in [0, 0.1) is 17.8 Å². The summed E-state index contributed by atoms with van der Waals surface area (Å²) in [5, 5.41) is 0. The van der Waals surface area contributed by atoms with Gasteiger partial charge in [0.15, 0.2) is 0 Å². The minimum atomic E-state index is -3.23. The Morgan fingerprint density at radius 1 is 1.23 bits per heavy atom. The first-order chi connectivity index (χ1) is 10.5. The molecular formula is C15H26N2O4S. The first kappa shape index (κ1) is 16.2. The average molecular weight is 330 g/mol. The third kappa shape index (κ3) is 3.63. The van der Waals surface area contributed by atoms with Gasteiger partial charge in [-0.05, 0) is 31.1 Å². The summed E-state index contributed by atoms with van der Waals surface area (Å²) in [6.45, 7) is 5.37. The molecule has 0 aromatic heterocycles. The first-order valence-corrected chi connectivity index (χ1v) is 9.92. The maximum Gasteiger partial charge on any atom is 0.225 e. The van der Waals surface area contributed by atoms with E-state index in [1.807, 2.05) is 4.90 Å². The third-order valence-electron chi connectivity index (χ3n) is 5.07. The van der Waals surface area contributed by atoms with E-state index >= 15 is 0 Å². The van der Waals surface area contributed by atoms with Crippen LogP contribution in [0.15, 0.2) is 0 Å². The summed E-state index contributed by atoms with van der Waals surface area (Å²) < 4.78 is 31.8. The zero-order valence-corrected chi connectivity index (χ0v) is 14.1. The molecule has 2 aliphatic heterocycles. The van der Waals surface area contributed by atoms with Crippen LogP contribution in [0.3, 0.4) is 0 Å². The van der Waals surface area contributed by atoms with E-state index in [1.54, 1.807) is 4.31 Å². The van der Waals surface area contributed by atoms with Crippen LogP contribution in [0.2, 0.25) is 0 Å². The summed E-state index contributed by atoms with van der Waals surface area (Å²) in [5.74, 6) is 1.16. The molecule has 7 heteroatoms. The number of amides is 1. The van der Waals surface area contributed by atoms with Gasteiger partial charge in [0.05, 0.1) is 19.0 Å². The molecule has 3 rings (SSSR count). The van der Waals surface area contributed by atoms with Crippen molar-refractivity contribution in [2.75, 3.05) is 45.1 Å². The number of carbonyl (C=O) groups excluding carboxylic acids is 1. The molecular weight excluding hydrogens is 304 g/mol. The van der Waals surface area contributed by atoms with E-state index in [0.29, 0.717) is 38.8 Å². The largest absolute Gasteiger partial charge is 0.379 e. The summed E-state index contributed by atoms with van der Waals surface area (Å²) in [6.07, 6.45) is 2.80. The molecule has 22 heavy (non-hydrogen) atoms.